The van der Waals surface area contributed by atoms with Crippen molar-refractivity contribution in [2.45, 2.75) is 6.42 Å². The first-order chi connectivity index (χ1) is 5.65. The monoisotopic (exact) mass is 175 g/mol. The van der Waals surface area contributed by atoms with Crippen LogP contribution < -0.4 is 0 Å². The summed E-state index contributed by atoms with van der Waals surface area (Å²) in [6.07, 6.45) is -0.252. The Kier molecular flexibility index (Phi) is 2.70. The number of hydrogen-bond donors (Lipinski definition) is 0. The van der Waals surface area contributed by atoms with Gasteiger partial charge in [0.1, 0.15) is 17.5 Å². The highest BCUT2D eigenvalue weighted by Crippen LogP contribution is 2.14. The lowest BCUT2D eigenvalue weighted by molar-refractivity contribution is 0.195. The first-order valence-electron chi connectivity index (χ1n) is 3.36. The minimum atomic E-state index is -0.997. The van der Waals surface area contributed by atoms with Crippen LogP contribution >= 0.6 is 0 Å². The molecule has 12 heavy (non-hydrogen) atoms. The van der Waals surface area contributed by atoms with Crippen molar-refractivity contribution in [3.63, 3.8) is 0 Å². The molecular formula is C8H6F3O. The van der Waals surface area contributed by atoms with Gasteiger partial charge in [-0.15, -0.1) is 0 Å². The van der Waals surface area contributed by atoms with Gasteiger partial charge < -0.3 is 0 Å². The molecular weight excluding hydrogens is 169 g/mol. The van der Waals surface area contributed by atoms with Gasteiger partial charge in [-0.05, 0) is 0 Å². The zero-order valence-corrected chi connectivity index (χ0v) is 6.11. The second kappa shape index (κ2) is 3.58. The number of rotatable bonds is 2. The second-order valence-corrected chi connectivity index (χ2v) is 2.30. The predicted octanol–water partition coefficient (Wildman–Crippen LogP) is 2.08. The molecule has 0 heterocycles. The molecule has 0 spiro atoms. The zero-order valence-electron chi connectivity index (χ0n) is 6.11. The van der Waals surface area contributed by atoms with Crippen molar-refractivity contribution in [2.75, 3.05) is 6.61 Å². The molecule has 0 aliphatic rings. The number of benzene rings is 1. The Balaban J connectivity index is 3.10. The highest BCUT2D eigenvalue weighted by Gasteiger charge is 2.10. The molecule has 1 rings (SSSR count). The number of hydrogen-bond acceptors (Lipinski definition) is 0. The van der Waals surface area contributed by atoms with E-state index in [1.807, 2.05) is 0 Å². The van der Waals surface area contributed by atoms with Gasteiger partial charge in [-0.25, -0.2) is 18.3 Å². The van der Waals surface area contributed by atoms with Crippen molar-refractivity contribution in [2.24, 2.45) is 0 Å². The highest BCUT2D eigenvalue weighted by molar-refractivity contribution is 5.20. The Morgan fingerprint density at radius 1 is 1.08 bits per heavy atom. The summed E-state index contributed by atoms with van der Waals surface area (Å²) in [6.45, 7) is -0.612. The van der Waals surface area contributed by atoms with Crippen molar-refractivity contribution in [3.8, 4) is 0 Å². The molecule has 0 bridgehead atoms. The molecule has 0 fully saturated rings. The Bertz CT molecular complexity index is 263. The first-order valence-corrected chi connectivity index (χ1v) is 3.36. The van der Waals surface area contributed by atoms with E-state index < -0.39 is 24.1 Å². The van der Waals surface area contributed by atoms with Crippen LogP contribution in [-0.4, -0.2) is 6.61 Å². The van der Waals surface area contributed by atoms with Crippen LogP contribution in [0.2, 0.25) is 0 Å². The van der Waals surface area contributed by atoms with Crippen LogP contribution in [-0.2, 0) is 11.5 Å². The van der Waals surface area contributed by atoms with Gasteiger partial charge in [0.25, 0.3) is 0 Å². The summed E-state index contributed by atoms with van der Waals surface area (Å²) in [5, 5.41) is 10.1. The van der Waals surface area contributed by atoms with E-state index in [2.05, 4.69) is 0 Å². The van der Waals surface area contributed by atoms with Crippen LogP contribution in [0.5, 0.6) is 0 Å². The minimum Gasteiger partial charge on any atom is -0.236 e. The van der Waals surface area contributed by atoms with Crippen molar-refractivity contribution in [1.29, 1.82) is 0 Å². The van der Waals surface area contributed by atoms with Crippen LogP contribution in [0.15, 0.2) is 12.1 Å². The Morgan fingerprint density at radius 3 is 2.00 bits per heavy atom. The maximum absolute atomic E-state index is 12.7. The molecule has 0 unspecified atom stereocenters. The molecule has 65 valence electrons. The molecule has 0 N–H and O–H groups in total. The van der Waals surface area contributed by atoms with Crippen molar-refractivity contribution >= 4 is 0 Å². The second-order valence-electron chi connectivity index (χ2n) is 2.30. The summed E-state index contributed by atoms with van der Waals surface area (Å²) >= 11 is 0. The lowest BCUT2D eigenvalue weighted by Crippen LogP contribution is -1.99. The molecule has 0 amide bonds. The average molecular weight is 175 g/mol. The summed E-state index contributed by atoms with van der Waals surface area (Å²) in [5.74, 6) is -2.97. The third-order valence-corrected chi connectivity index (χ3v) is 1.46. The zero-order chi connectivity index (χ0) is 9.14. The minimum absolute atomic E-state index is 0.252. The van der Waals surface area contributed by atoms with Crippen molar-refractivity contribution in [3.05, 3.63) is 35.1 Å². The molecule has 1 aromatic carbocycles. The van der Waals surface area contributed by atoms with E-state index in [9.17, 15) is 18.3 Å². The third kappa shape index (κ3) is 1.76. The van der Waals surface area contributed by atoms with E-state index in [0.717, 1.165) is 0 Å². The molecule has 0 aliphatic heterocycles. The van der Waals surface area contributed by atoms with Gasteiger partial charge in [0, 0.05) is 24.1 Å². The normalized spacial score (nSPS) is 10.3. The Labute approximate surface area is 67.5 Å². The fourth-order valence-electron chi connectivity index (χ4n) is 0.913. The molecule has 4 heteroatoms. The molecule has 0 atom stereocenters. The van der Waals surface area contributed by atoms with Crippen molar-refractivity contribution < 1.29 is 18.3 Å². The lowest BCUT2D eigenvalue weighted by atomic mass is 10.1. The van der Waals surface area contributed by atoms with E-state index in [0.29, 0.717) is 12.1 Å². The molecule has 1 radical (unpaired) electrons. The molecule has 1 nitrogen and oxygen atoms in total. The van der Waals surface area contributed by atoms with E-state index in [4.69, 9.17) is 0 Å². The molecule has 0 aliphatic carbocycles. The summed E-state index contributed by atoms with van der Waals surface area (Å²) in [6, 6.07) is 1.13. The smallest absolute Gasteiger partial charge is 0.132 e. The molecule has 0 aromatic heterocycles. The average Bonchev–Trinajstić information content (AvgIpc) is 1.96. The van der Waals surface area contributed by atoms with E-state index in [1.54, 1.807) is 0 Å². The van der Waals surface area contributed by atoms with Crippen LogP contribution in [0.4, 0.5) is 13.2 Å². The topological polar surface area (TPSA) is 19.9 Å². The SMILES string of the molecule is [O]CCc1c(F)cc(F)cc1F. The van der Waals surface area contributed by atoms with E-state index in [1.165, 1.54) is 0 Å². The van der Waals surface area contributed by atoms with Gasteiger partial charge >= 0.3 is 0 Å². The van der Waals surface area contributed by atoms with Crippen LogP contribution in [0.25, 0.3) is 0 Å². The Hall–Kier alpha value is -1.03. The third-order valence-electron chi connectivity index (χ3n) is 1.46. The van der Waals surface area contributed by atoms with Gasteiger partial charge in [-0.2, -0.15) is 0 Å². The van der Waals surface area contributed by atoms with Crippen LogP contribution in [0, 0.1) is 17.5 Å². The summed E-state index contributed by atoms with van der Waals surface area (Å²) in [7, 11) is 0. The maximum Gasteiger partial charge on any atom is 0.132 e. The van der Waals surface area contributed by atoms with Crippen molar-refractivity contribution in [1.82, 2.24) is 0 Å². The predicted molar refractivity (Wildman–Crippen MR) is 35.6 cm³/mol. The van der Waals surface area contributed by atoms with E-state index in [-0.39, 0.29) is 12.0 Å². The quantitative estimate of drug-likeness (QED) is 0.655. The van der Waals surface area contributed by atoms with Gasteiger partial charge in [0.2, 0.25) is 0 Å². The summed E-state index contributed by atoms with van der Waals surface area (Å²) in [5.41, 5.74) is -0.341. The van der Waals surface area contributed by atoms with E-state index >= 15 is 0 Å². The van der Waals surface area contributed by atoms with Crippen LogP contribution in [0.1, 0.15) is 5.56 Å². The summed E-state index contributed by atoms with van der Waals surface area (Å²) in [4.78, 5) is 0. The van der Waals surface area contributed by atoms with Crippen LogP contribution in [0.3, 0.4) is 0 Å². The Morgan fingerprint density at radius 2 is 1.58 bits per heavy atom. The van der Waals surface area contributed by atoms with Gasteiger partial charge in [-0.3, -0.25) is 0 Å². The first kappa shape index (κ1) is 9.06. The molecule has 1 aromatic rings. The van der Waals surface area contributed by atoms with Gasteiger partial charge in [0.05, 0.1) is 6.61 Å². The standard InChI is InChI=1S/C8H6F3O/c9-5-3-7(10)6(1-2-12)8(11)4-5/h3-4H,1-2H2. The molecule has 0 saturated carbocycles. The highest BCUT2D eigenvalue weighted by atomic mass is 19.1. The maximum atomic E-state index is 12.7. The molecule has 0 saturated heterocycles. The lowest BCUT2D eigenvalue weighted by Gasteiger charge is -2.01. The number of halogens is 3. The fourth-order valence-corrected chi connectivity index (χ4v) is 0.913. The van der Waals surface area contributed by atoms with Gasteiger partial charge in [-0.1, -0.05) is 0 Å². The largest absolute Gasteiger partial charge is 0.236 e. The fraction of sp³-hybridized carbons (Fsp3) is 0.250. The van der Waals surface area contributed by atoms with Gasteiger partial charge in [0.15, 0.2) is 0 Å². The summed E-state index contributed by atoms with van der Waals surface area (Å²) < 4.78 is 37.6.